The maximum absolute atomic E-state index is 9.16. The van der Waals surface area contributed by atoms with Crippen LogP contribution in [0.15, 0.2) is 24.3 Å². The van der Waals surface area contributed by atoms with Crippen molar-refractivity contribution in [3.63, 3.8) is 0 Å². The van der Waals surface area contributed by atoms with Crippen molar-refractivity contribution in [3.8, 4) is 5.75 Å². The van der Waals surface area contributed by atoms with E-state index in [9.17, 15) is 0 Å². The highest BCUT2D eigenvalue weighted by Crippen LogP contribution is 2.28. The predicted molar refractivity (Wildman–Crippen MR) is 49.4 cm³/mol. The number of fused-ring (bicyclic) bond motifs is 1. The summed E-state index contributed by atoms with van der Waals surface area (Å²) < 4.78 is 1.01. The Balaban J connectivity index is 2.67. The number of hydrogen-bond donors (Lipinski definition) is 2. The number of phenolic OH excluding ortho intramolecular Hbond substituents is 1. The average Bonchev–Trinajstić information content (AvgIpc) is 2.46. The van der Waals surface area contributed by atoms with E-state index in [1.54, 1.807) is 12.1 Å². The highest BCUT2D eigenvalue weighted by molar-refractivity contribution is 7.19. The summed E-state index contributed by atoms with van der Waals surface area (Å²) in [5.74, 6) is 0.272. The number of rotatable bonds is 1. The summed E-state index contributed by atoms with van der Waals surface area (Å²) >= 11 is 1.50. The largest absolute Gasteiger partial charge is 0.508 e. The van der Waals surface area contributed by atoms with Crippen LogP contribution in [0.2, 0.25) is 0 Å². The zero-order valence-corrected chi connectivity index (χ0v) is 7.14. The van der Waals surface area contributed by atoms with E-state index in [1.165, 1.54) is 11.3 Å². The number of phenols is 1. The zero-order chi connectivity index (χ0) is 8.55. The van der Waals surface area contributed by atoms with Crippen LogP contribution in [0.25, 0.3) is 10.1 Å². The Labute approximate surface area is 73.7 Å². The summed E-state index contributed by atoms with van der Waals surface area (Å²) in [6, 6.07) is 7.13. The Hall–Kier alpha value is -1.06. The molecule has 2 N–H and O–H groups in total. The molecule has 12 heavy (non-hydrogen) atoms. The lowest BCUT2D eigenvalue weighted by Gasteiger charge is -1.89. The van der Waals surface area contributed by atoms with Crippen molar-refractivity contribution in [2.45, 2.75) is 6.61 Å². The molecule has 0 bridgehead atoms. The predicted octanol–water partition coefficient (Wildman–Crippen LogP) is 2.10. The maximum atomic E-state index is 9.16. The van der Waals surface area contributed by atoms with E-state index in [2.05, 4.69) is 0 Å². The van der Waals surface area contributed by atoms with E-state index in [1.807, 2.05) is 12.1 Å². The van der Waals surface area contributed by atoms with Gasteiger partial charge in [0.15, 0.2) is 0 Å². The van der Waals surface area contributed by atoms with Gasteiger partial charge < -0.3 is 10.2 Å². The molecule has 0 atom stereocenters. The fourth-order valence-electron chi connectivity index (χ4n) is 1.15. The second-order valence-electron chi connectivity index (χ2n) is 2.59. The van der Waals surface area contributed by atoms with E-state index in [-0.39, 0.29) is 12.4 Å². The molecule has 0 radical (unpaired) electrons. The standard InChI is InChI=1S/C9H8O2S/c10-5-8-3-6-1-2-7(11)4-9(6)12-8/h1-4,10-11H,5H2. The molecule has 0 unspecified atom stereocenters. The molecule has 2 rings (SSSR count). The van der Waals surface area contributed by atoms with Crippen LogP contribution >= 0.6 is 11.3 Å². The average molecular weight is 180 g/mol. The molecular formula is C9H8O2S. The molecule has 3 heteroatoms. The van der Waals surface area contributed by atoms with E-state index in [0.717, 1.165) is 15.0 Å². The molecule has 0 aliphatic rings. The molecule has 1 heterocycles. The van der Waals surface area contributed by atoms with Gasteiger partial charge in [-0.05, 0) is 29.7 Å². The summed E-state index contributed by atoms with van der Waals surface area (Å²) in [6.45, 7) is 0.0696. The molecule has 62 valence electrons. The van der Waals surface area contributed by atoms with Crippen LogP contribution < -0.4 is 0 Å². The van der Waals surface area contributed by atoms with E-state index < -0.39 is 0 Å². The third-order valence-electron chi connectivity index (χ3n) is 1.71. The van der Waals surface area contributed by atoms with E-state index in [4.69, 9.17) is 10.2 Å². The summed E-state index contributed by atoms with van der Waals surface area (Å²) in [7, 11) is 0. The lowest BCUT2D eigenvalue weighted by atomic mass is 10.2. The van der Waals surface area contributed by atoms with Crippen LogP contribution in [-0.4, -0.2) is 10.2 Å². The summed E-state index contributed by atoms with van der Waals surface area (Å²) in [5, 5.41) is 19.1. The van der Waals surface area contributed by atoms with Gasteiger partial charge in [-0.3, -0.25) is 0 Å². The lowest BCUT2D eigenvalue weighted by Crippen LogP contribution is -1.70. The van der Waals surface area contributed by atoms with Crippen molar-refractivity contribution in [1.29, 1.82) is 0 Å². The van der Waals surface area contributed by atoms with Gasteiger partial charge in [0.25, 0.3) is 0 Å². The Kier molecular flexibility index (Phi) is 1.75. The van der Waals surface area contributed by atoms with E-state index >= 15 is 0 Å². The van der Waals surface area contributed by atoms with Gasteiger partial charge in [-0.1, -0.05) is 0 Å². The molecule has 0 spiro atoms. The third kappa shape index (κ3) is 1.17. The SMILES string of the molecule is OCc1cc2ccc(O)cc2s1. The number of thiophene rings is 1. The molecule has 0 fully saturated rings. The van der Waals surface area contributed by atoms with Crippen LogP contribution in [0.4, 0.5) is 0 Å². The van der Waals surface area contributed by atoms with Gasteiger partial charge in [0, 0.05) is 9.58 Å². The Bertz CT molecular complexity index is 406. The molecule has 0 amide bonds. The molecule has 0 aliphatic carbocycles. The van der Waals surface area contributed by atoms with Crippen LogP contribution in [0.5, 0.6) is 5.75 Å². The minimum Gasteiger partial charge on any atom is -0.508 e. The first-order valence-electron chi connectivity index (χ1n) is 3.62. The summed E-state index contributed by atoms with van der Waals surface area (Å²) in [4.78, 5) is 0.926. The first-order chi connectivity index (χ1) is 5.79. The minimum absolute atomic E-state index is 0.0696. The molecule has 1 aromatic heterocycles. The third-order valence-corrected chi connectivity index (χ3v) is 2.79. The van der Waals surface area contributed by atoms with Crippen LogP contribution in [0.1, 0.15) is 4.88 Å². The van der Waals surface area contributed by atoms with Crippen LogP contribution in [-0.2, 0) is 6.61 Å². The molecule has 1 aromatic carbocycles. The van der Waals surface area contributed by atoms with Gasteiger partial charge in [0.1, 0.15) is 5.75 Å². The van der Waals surface area contributed by atoms with Gasteiger partial charge in [-0.15, -0.1) is 11.3 Å². The summed E-state index contributed by atoms with van der Waals surface area (Å²) in [6.07, 6.45) is 0. The monoisotopic (exact) mass is 180 g/mol. The zero-order valence-electron chi connectivity index (χ0n) is 6.32. The smallest absolute Gasteiger partial charge is 0.117 e. The Morgan fingerprint density at radius 2 is 2.08 bits per heavy atom. The van der Waals surface area contributed by atoms with E-state index in [0.29, 0.717) is 0 Å². The molecule has 0 saturated carbocycles. The molecular weight excluding hydrogens is 172 g/mol. The lowest BCUT2D eigenvalue weighted by molar-refractivity contribution is 0.285. The Morgan fingerprint density at radius 3 is 2.83 bits per heavy atom. The number of aliphatic hydroxyl groups is 1. The fraction of sp³-hybridized carbons (Fsp3) is 0.111. The first kappa shape index (κ1) is 7.58. The van der Waals surface area contributed by atoms with Gasteiger partial charge in [-0.2, -0.15) is 0 Å². The van der Waals surface area contributed by atoms with Crippen molar-refractivity contribution in [1.82, 2.24) is 0 Å². The second-order valence-corrected chi connectivity index (χ2v) is 3.76. The highest BCUT2D eigenvalue weighted by atomic mass is 32.1. The molecule has 2 nitrogen and oxygen atoms in total. The normalized spacial score (nSPS) is 10.8. The van der Waals surface area contributed by atoms with Crippen molar-refractivity contribution in [2.75, 3.05) is 0 Å². The highest BCUT2D eigenvalue weighted by Gasteiger charge is 2.00. The van der Waals surface area contributed by atoms with Gasteiger partial charge in [-0.25, -0.2) is 0 Å². The van der Waals surface area contributed by atoms with Crippen molar-refractivity contribution < 1.29 is 10.2 Å². The molecule has 0 aliphatic heterocycles. The van der Waals surface area contributed by atoms with Crippen molar-refractivity contribution in [2.24, 2.45) is 0 Å². The van der Waals surface area contributed by atoms with Crippen molar-refractivity contribution >= 4 is 21.4 Å². The number of aliphatic hydroxyl groups excluding tert-OH is 1. The van der Waals surface area contributed by atoms with Crippen LogP contribution in [0.3, 0.4) is 0 Å². The maximum Gasteiger partial charge on any atom is 0.117 e. The quantitative estimate of drug-likeness (QED) is 0.705. The number of hydrogen-bond acceptors (Lipinski definition) is 3. The minimum atomic E-state index is 0.0696. The van der Waals surface area contributed by atoms with Gasteiger partial charge in [0.05, 0.1) is 6.61 Å². The fourth-order valence-corrected chi connectivity index (χ4v) is 2.11. The topological polar surface area (TPSA) is 40.5 Å². The second kappa shape index (κ2) is 2.77. The van der Waals surface area contributed by atoms with Crippen LogP contribution in [0, 0.1) is 0 Å². The molecule has 2 aromatic rings. The summed E-state index contributed by atoms with van der Waals surface area (Å²) in [5.41, 5.74) is 0. The Morgan fingerprint density at radius 1 is 1.25 bits per heavy atom. The van der Waals surface area contributed by atoms with Crippen molar-refractivity contribution in [3.05, 3.63) is 29.1 Å². The number of benzene rings is 1. The number of aromatic hydroxyl groups is 1. The van der Waals surface area contributed by atoms with Gasteiger partial charge in [0.2, 0.25) is 0 Å². The first-order valence-corrected chi connectivity index (χ1v) is 4.43. The molecule has 0 saturated heterocycles. The van der Waals surface area contributed by atoms with Gasteiger partial charge >= 0.3 is 0 Å².